The number of carbonyl (C=O) groups excluding carboxylic acids is 1. The third-order valence-corrected chi connectivity index (χ3v) is 5.54. The zero-order chi connectivity index (χ0) is 17.4. The molecule has 7 nitrogen and oxygen atoms in total. The van der Waals surface area contributed by atoms with Crippen LogP contribution in [0.3, 0.4) is 0 Å². The molecule has 2 heterocycles. The average molecular weight is 382 g/mol. The van der Waals surface area contributed by atoms with Gasteiger partial charge in [-0.25, -0.2) is 4.79 Å². The molecule has 26 heavy (non-hydrogen) atoms. The van der Waals surface area contributed by atoms with Gasteiger partial charge in [0.05, 0.1) is 17.7 Å². The number of fused-ring (bicyclic) bond motifs is 2. The van der Waals surface area contributed by atoms with Gasteiger partial charge in [-0.3, -0.25) is 9.36 Å². The number of para-hydroxylation sites is 2. The standard InChI is InChI=1S/C18H23N3O4.ClH/c1-24-16-7-12-9-19-8-11(12)6-13(16)20-17(22)10-21-14-4-2-3-5-15(14)25-18(21)23;/h2-5,11-13,16,19H,6-10H2,1H3,(H,20,22);1H/t11-,12+,13-,16-;/m0./s1. The van der Waals surface area contributed by atoms with Gasteiger partial charge in [0, 0.05) is 7.11 Å². The third-order valence-electron chi connectivity index (χ3n) is 5.54. The van der Waals surface area contributed by atoms with E-state index in [0.717, 1.165) is 25.9 Å². The van der Waals surface area contributed by atoms with E-state index >= 15 is 0 Å². The maximum Gasteiger partial charge on any atom is 0.420 e. The van der Waals surface area contributed by atoms with Gasteiger partial charge in [0.1, 0.15) is 6.54 Å². The number of halogens is 1. The molecule has 4 atom stereocenters. The molecule has 2 aromatic rings. The van der Waals surface area contributed by atoms with E-state index in [9.17, 15) is 9.59 Å². The van der Waals surface area contributed by atoms with Crippen molar-refractivity contribution in [3.8, 4) is 0 Å². The van der Waals surface area contributed by atoms with Crippen molar-refractivity contribution in [1.29, 1.82) is 0 Å². The molecule has 0 spiro atoms. The van der Waals surface area contributed by atoms with E-state index in [1.807, 2.05) is 6.07 Å². The van der Waals surface area contributed by atoms with Gasteiger partial charge < -0.3 is 19.8 Å². The van der Waals surface area contributed by atoms with Crippen LogP contribution in [-0.4, -0.2) is 42.8 Å². The summed E-state index contributed by atoms with van der Waals surface area (Å²) in [5, 5.41) is 6.49. The van der Waals surface area contributed by atoms with Crippen LogP contribution in [0.4, 0.5) is 0 Å². The molecule has 1 aliphatic carbocycles. The molecular formula is C18H24ClN3O4. The summed E-state index contributed by atoms with van der Waals surface area (Å²) in [6.07, 6.45) is 1.87. The number of ether oxygens (including phenoxy) is 1. The highest BCUT2D eigenvalue weighted by Gasteiger charge is 2.40. The summed E-state index contributed by atoms with van der Waals surface area (Å²) in [7, 11) is 1.70. The first-order chi connectivity index (χ1) is 12.2. The van der Waals surface area contributed by atoms with E-state index in [2.05, 4.69) is 10.6 Å². The molecule has 1 amide bonds. The maximum absolute atomic E-state index is 12.5. The monoisotopic (exact) mass is 381 g/mol. The fourth-order valence-electron chi connectivity index (χ4n) is 4.25. The Kier molecular flexibility index (Phi) is 5.70. The Labute approximate surface area is 157 Å². The van der Waals surface area contributed by atoms with Crippen molar-refractivity contribution in [3.05, 3.63) is 34.8 Å². The number of methoxy groups -OCH3 is 1. The smallest absolute Gasteiger partial charge is 0.408 e. The van der Waals surface area contributed by atoms with Crippen LogP contribution in [-0.2, 0) is 16.1 Å². The number of aromatic nitrogens is 1. The number of hydrogen-bond donors (Lipinski definition) is 2. The Morgan fingerprint density at radius 2 is 2.04 bits per heavy atom. The van der Waals surface area contributed by atoms with Crippen molar-refractivity contribution in [2.75, 3.05) is 20.2 Å². The minimum Gasteiger partial charge on any atom is -0.408 e. The molecule has 8 heteroatoms. The topological polar surface area (TPSA) is 85.5 Å². The van der Waals surface area contributed by atoms with Crippen molar-refractivity contribution < 1.29 is 13.9 Å². The zero-order valence-corrected chi connectivity index (χ0v) is 15.5. The Bertz CT molecular complexity index is 833. The van der Waals surface area contributed by atoms with Gasteiger partial charge in [-0.05, 0) is 49.9 Å². The maximum atomic E-state index is 12.5. The largest absolute Gasteiger partial charge is 0.420 e. The average Bonchev–Trinajstić information content (AvgIpc) is 3.18. The van der Waals surface area contributed by atoms with Crippen LogP contribution in [0, 0.1) is 11.8 Å². The summed E-state index contributed by atoms with van der Waals surface area (Å²) in [6.45, 7) is 1.98. The number of amides is 1. The summed E-state index contributed by atoms with van der Waals surface area (Å²) in [6, 6.07) is 7.10. The van der Waals surface area contributed by atoms with E-state index in [-0.39, 0.29) is 37.0 Å². The Morgan fingerprint density at radius 3 is 2.81 bits per heavy atom. The molecule has 1 aliphatic heterocycles. The van der Waals surface area contributed by atoms with Crippen LogP contribution in [0.2, 0.25) is 0 Å². The SMILES string of the molecule is CO[C@H]1C[C@@H]2CNC[C@@H]2C[C@@H]1NC(=O)Cn1c(=O)oc2ccccc21.Cl. The Hall–Kier alpha value is -1.83. The molecule has 1 aromatic carbocycles. The van der Waals surface area contributed by atoms with Crippen LogP contribution in [0.1, 0.15) is 12.8 Å². The lowest BCUT2D eigenvalue weighted by atomic mass is 9.77. The van der Waals surface area contributed by atoms with Gasteiger partial charge in [0.2, 0.25) is 5.91 Å². The highest BCUT2D eigenvalue weighted by molar-refractivity contribution is 5.85. The number of hydrogen-bond acceptors (Lipinski definition) is 5. The van der Waals surface area contributed by atoms with Gasteiger partial charge in [0.15, 0.2) is 5.58 Å². The molecule has 142 valence electrons. The number of carbonyl (C=O) groups is 1. The Balaban J connectivity index is 0.00000196. The van der Waals surface area contributed by atoms with E-state index in [4.69, 9.17) is 9.15 Å². The van der Waals surface area contributed by atoms with Crippen LogP contribution in [0.15, 0.2) is 33.5 Å². The van der Waals surface area contributed by atoms with Crippen molar-refractivity contribution in [2.45, 2.75) is 31.5 Å². The number of nitrogens with zero attached hydrogens (tertiary/aromatic N) is 1. The number of oxazole rings is 1. The second-order valence-electron chi connectivity index (χ2n) is 7.02. The normalized spacial score (nSPS) is 27.7. The highest BCUT2D eigenvalue weighted by Crippen LogP contribution is 2.34. The predicted molar refractivity (Wildman–Crippen MR) is 99.5 cm³/mol. The van der Waals surface area contributed by atoms with E-state index in [0.29, 0.717) is 22.9 Å². The molecule has 2 fully saturated rings. The molecule has 0 radical (unpaired) electrons. The van der Waals surface area contributed by atoms with Crippen molar-refractivity contribution in [1.82, 2.24) is 15.2 Å². The molecule has 1 saturated carbocycles. The molecular weight excluding hydrogens is 358 g/mol. The summed E-state index contributed by atoms with van der Waals surface area (Å²) in [4.78, 5) is 24.6. The molecule has 2 aliphatic rings. The highest BCUT2D eigenvalue weighted by atomic mass is 35.5. The van der Waals surface area contributed by atoms with E-state index in [1.165, 1.54) is 4.57 Å². The minimum absolute atomic E-state index is 0. The van der Waals surface area contributed by atoms with Crippen LogP contribution in [0.5, 0.6) is 0 Å². The molecule has 0 bridgehead atoms. The molecule has 1 aromatic heterocycles. The fraction of sp³-hybridized carbons (Fsp3) is 0.556. The van der Waals surface area contributed by atoms with Gasteiger partial charge in [-0.15, -0.1) is 12.4 Å². The lowest BCUT2D eigenvalue weighted by Crippen LogP contribution is -2.51. The van der Waals surface area contributed by atoms with E-state index < -0.39 is 5.76 Å². The third kappa shape index (κ3) is 3.51. The number of rotatable bonds is 4. The van der Waals surface area contributed by atoms with Gasteiger partial charge in [-0.1, -0.05) is 12.1 Å². The molecule has 0 unspecified atom stereocenters. The second kappa shape index (κ2) is 7.82. The summed E-state index contributed by atoms with van der Waals surface area (Å²) in [5.41, 5.74) is 1.13. The fourth-order valence-corrected chi connectivity index (χ4v) is 4.25. The van der Waals surface area contributed by atoms with Crippen LogP contribution >= 0.6 is 12.4 Å². The quantitative estimate of drug-likeness (QED) is 0.829. The van der Waals surface area contributed by atoms with E-state index in [1.54, 1.807) is 25.3 Å². The first kappa shape index (κ1) is 18.9. The minimum atomic E-state index is -0.511. The van der Waals surface area contributed by atoms with Gasteiger partial charge in [-0.2, -0.15) is 0 Å². The van der Waals surface area contributed by atoms with Crippen LogP contribution in [0.25, 0.3) is 11.1 Å². The summed E-state index contributed by atoms with van der Waals surface area (Å²) in [5.74, 6) is 0.501. The van der Waals surface area contributed by atoms with Gasteiger partial charge in [0.25, 0.3) is 0 Å². The van der Waals surface area contributed by atoms with Crippen LogP contribution < -0.4 is 16.4 Å². The number of benzene rings is 1. The molecule has 4 rings (SSSR count). The predicted octanol–water partition coefficient (Wildman–Crippen LogP) is 1.15. The first-order valence-corrected chi connectivity index (χ1v) is 8.77. The van der Waals surface area contributed by atoms with Crippen molar-refractivity contribution in [3.63, 3.8) is 0 Å². The Morgan fingerprint density at radius 1 is 1.31 bits per heavy atom. The second-order valence-corrected chi connectivity index (χ2v) is 7.02. The zero-order valence-electron chi connectivity index (χ0n) is 14.6. The summed E-state index contributed by atoms with van der Waals surface area (Å²) >= 11 is 0. The van der Waals surface area contributed by atoms with Gasteiger partial charge >= 0.3 is 5.76 Å². The van der Waals surface area contributed by atoms with Crippen molar-refractivity contribution >= 4 is 29.4 Å². The lowest BCUT2D eigenvalue weighted by molar-refractivity contribution is -0.124. The summed E-state index contributed by atoms with van der Waals surface area (Å²) < 4.78 is 12.2. The molecule has 2 N–H and O–H groups in total. The molecule has 1 saturated heterocycles. The number of nitrogens with one attached hydrogen (secondary N) is 2. The first-order valence-electron chi connectivity index (χ1n) is 8.77. The van der Waals surface area contributed by atoms with Crippen molar-refractivity contribution in [2.24, 2.45) is 11.8 Å². The lowest BCUT2D eigenvalue weighted by Gasteiger charge is -2.37.